The summed E-state index contributed by atoms with van der Waals surface area (Å²) >= 11 is 0. The van der Waals surface area contributed by atoms with Crippen LogP contribution in [0.2, 0.25) is 0 Å². The maximum atomic E-state index is 13.2. The molecule has 2 atom stereocenters. The minimum absolute atomic E-state index is 0.0162. The second-order valence-corrected chi connectivity index (χ2v) is 6.66. The molecule has 7 nitrogen and oxygen atoms in total. The highest BCUT2D eigenvalue weighted by Crippen LogP contribution is 2.37. The van der Waals surface area contributed by atoms with Gasteiger partial charge in [-0.3, -0.25) is 4.79 Å². The highest BCUT2D eigenvalue weighted by Gasteiger charge is 2.39. The van der Waals surface area contributed by atoms with Crippen molar-refractivity contribution in [1.29, 1.82) is 0 Å². The lowest BCUT2D eigenvalue weighted by Crippen LogP contribution is -2.45. The van der Waals surface area contributed by atoms with Gasteiger partial charge in [-0.2, -0.15) is 0 Å². The van der Waals surface area contributed by atoms with Gasteiger partial charge in [0.15, 0.2) is 0 Å². The Morgan fingerprint density at radius 2 is 2.08 bits per heavy atom. The number of fused-ring (bicyclic) bond motifs is 1. The van der Waals surface area contributed by atoms with E-state index in [-0.39, 0.29) is 23.8 Å². The van der Waals surface area contributed by atoms with E-state index in [1.54, 1.807) is 4.90 Å². The van der Waals surface area contributed by atoms with Gasteiger partial charge in [0, 0.05) is 18.0 Å². The molecule has 7 heteroatoms. The number of rotatable bonds is 3. The predicted octanol–water partition coefficient (Wildman–Crippen LogP) is 2.27. The summed E-state index contributed by atoms with van der Waals surface area (Å²) in [5.74, 6) is 1.65. The largest absolute Gasteiger partial charge is 0.492 e. The monoisotopic (exact) mass is 343 g/mol. The number of ether oxygens (including phenoxy) is 2. The van der Waals surface area contributed by atoms with Gasteiger partial charge in [-0.05, 0) is 6.07 Å². The first-order valence-electron chi connectivity index (χ1n) is 8.58. The van der Waals surface area contributed by atoms with E-state index in [1.165, 1.54) is 0 Å². The van der Waals surface area contributed by atoms with E-state index in [1.807, 2.05) is 38.1 Å². The topological polar surface area (TPSA) is 77.7 Å². The molecule has 1 fully saturated rings. The summed E-state index contributed by atoms with van der Waals surface area (Å²) in [7, 11) is 0. The van der Waals surface area contributed by atoms with Gasteiger partial charge >= 0.3 is 0 Å². The van der Waals surface area contributed by atoms with Crippen LogP contribution in [0, 0.1) is 0 Å². The molecule has 0 radical (unpaired) electrons. The summed E-state index contributed by atoms with van der Waals surface area (Å²) in [6.45, 7) is 5.71. The van der Waals surface area contributed by atoms with Crippen molar-refractivity contribution in [3.8, 4) is 5.75 Å². The Morgan fingerprint density at radius 1 is 1.24 bits per heavy atom. The number of hydrogen-bond donors (Lipinski definition) is 0. The molecule has 1 aromatic heterocycles. The van der Waals surface area contributed by atoms with Crippen molar-refractivity contribution in [1.82, 2.24) is 15.1 Å². The number of carbonyl (C=O) groups is 1. The SMILES string of the molecule is CC(C)c1nnc([C@H]2COCCN2C(=O)[C@H]2COc3ccccc32)o1. The summed E-state index contributed by atoms with van der Waals surface area (Å²) in [5, 5.41) is 8.23. The van der Waals surface area contributed by atoms with Crippen LogP contribution >= 0.6 is 0 Å². The second-order valence-electron chi connectivity index (χ2n) is 6.66. The number of carbonyl (C=O) groups excluding carboxylic acids is 1. The first-order chi connectivity index (χ1) is 12.1. The number of aromatic nitrogens is 2. The van der Waals surface area contributed by atoms with E-state index in [2.05, 4.69) is 10.2 Å². The third-order valence-corrected chi connectivity index (χ3v) is 4.64. The zero-order chi connectivity index (χ0) is 17.4. The minimum Gasteiger partial charge on any atom is -0.492 e. The number of benzene rings is 1. The molecule has 132 valence electrons. The smallest absolute Gasteiger partial charge is 0.241 e. The second kappa shape index (κ2) is 6.48. The number of morpholine rings is 1. The Morgan fingerprint density at radius 3 is 2.88 bits per heavy atom. The maximum absolute atomic E-state index is 13.2. The number of para-hydroxylation sites is 1. The molecular weight excluding hydrogens is 322 g/mol. The van der Waals surface area contributed by atoms with Crippen LogP contribution in [0.1, 0.15) is 49.1 Å². The molecule has 4 rings (SSSR count). The molecule has 0 N–H and O–H groups in total. The van der Waals surface area contributed by atoms with E-state index in [9.17, 15) is 4.79 Å². The lowest BCUT2D eigenvalue weighted by atomic mass is 9.98. The summed E-state index contributed by atoms with van der Waals surface area (Å²) < 4.78 is 17.0. The Balaban J connectivity index is 1.60. The molecule has 1 saturated heterocycles. The standard InChI is InChI=1S/C18H21N3O4/c1-11(2)16-19-20-17(25-16)14-10-23-8-7-21(14)18(22)13-9-24-15-6-4-3-5-12(13)15/h3-6,11,13-14H,7-10H2,1-2H3/t13-,14+/m0/s1. The van der Waals surface area contributed by atoms with Gasteiger partial charge in [-0.15, -0.1) is 10.2 Å². The van der Waals surface area contributed by atoms with Crippen LogP contribution in [0.25, 0.3) is 0 Å². The summed E-state index contributed by atoms with van der Waals surface area (Å²) in [6, 6.07) is 7.33. The average Bonchev–Trinajstić information content (AvgIpc) is 3.28. The Bertz CT molecular complexity index is 773. The predicted molar refractivity (Wildman–Crippen MR) is 88.3 cm³/mol. The molecule has 2 aliphatic rings. The minimum atomic E-state index is -0.353. The van der Waals surface area contributed by atoms with Crippen LogP contribution in [-0.4, -0.2) is 47.4 Å². The number of nitrogens with zero attached hydrogens (tertiary/aromatic N) is 3. The Kier molecular flexibility index (Phi) is 4.17. The van der Waals surface area contributed by atoms with Crippen LogP contribution in [0.4, 0.5) is 0 Å². The Labute approximate surface area is 145 Å². The zero-order valence-corrected chi connectivity index (χ0v) is 14.3. The van der Waals surface area contributed by atoms with Crippen molar-refractivity contribution in [3.63, 3.8) is 0 Å². The number of hydrogen-bond acceptors (Lipinski definition) is 6. The van der Waals surface area contributed by atoms with Crippen molar-refractivity contribution in [2.45, 2.75) is 31.7 Å². The first-order valence-corrected chi connectivity index (χ1v) is 8.58. The zero-order valence-electron chi connectivity index (χ0n) is 14.3. The molecular formula is C18H21N3O4. The van der Waals surface area contributed by atoms with Crippen LogP contribution in [-0.2, 0) is 9.53 Å². The molecule has 1 aromatic carbocycles. The molecule has 2 aromatic rings. The quantitative estimate of drug-likeness (QED) is 0.851. The highest BCUT2D eigenvalue weighted by molar-refractivity contribution is 5.86. The summed E-state index contributed by atoms with van der Waals surface area (Å²) in [5.41, 5.74) is 0.936. The van der Waals surface area contributed by atoms with Gasteiger partial charge in [0.25, 0.3) is 0 Å². The van der Waals surface area contributed by atoms with Crippen molar-refractivity contribution < 1.29 is 18.7 Å². The summed E-state index contributed by atoms with van der Waals surface area (Å²) in [4.78, 5) is 15.0. The van der Waals surface area contributed by atoms with Gasteiger partial charge in [-0.1, -0.05) is 32.0 Å². The lowest BCUT2D eigenvalue weighted by molar-refractivity contribution is -0.143. The third kappa shape index (κ3) is 2.89. The fraction of sp³-hybridized carbons (Fsp3) is 0.500. The van der Waals surface area contributed by atoms with E-state index in [0.717, 1.165) is 11.3 Å². The van der Waals surface area contributed by atoms with Crippen LogP contribution in [0.15, 0.2) is 28.7 Å². The van der Waals surface area contributed by atoms with E-state index in [0.29, 0.717) is 38.1 Å². The highest BCUT2D eigenvalue weighted by atomic mass is 16.5. The molecule has 0 unspecified atom stereocenters. The molecule has 2 aliphatic heterocycles. The fourth-order valence-electron chi connectivity index (χ4n) is 3.25. The number of amides is 1. The average molecular weight is 343 g/mol. The van der Waals surface area contributed by atoms with Crippen molar-refractivity contribution in [3.05, 3.63) is 41.6 Å². The normalized spacial score (nSPS) is 22.8. The molecule has 25 heavy (non-hydrogen) atoms. The van der Waals surface area contributed by atoms with Crippen molar-refractivity contribution >= 4 is 5.91 Å². The molecule has 3 heterocycles. The Hall–Kier alpha value is -2.41. The summed E-state index contributed by atoms with van der Waals surface area (Å²) in [6.07, 6.45) is 0. The lowest BCUT2D eigenvalue weighted by Gasteiger charge is -2.34. The molecule has 1 amide bonds. The van der Waals surface area contributed by atoms with Gasteiger partial charge in [0.2, 0.25) is 17.7 Å². The van der Waals surface area contributed by atoms with E-state index in [4.69, 9.17) is 13.9 Å². The van der Waals surface area contributed by atoms with E-state index >= 15 is 0 Å². The van der Waals surface area contributed by atoms with Gasteiger partial charge in [0.1, 0.15) is 24.3 Å². The fourth-order valence-corrected chi connectivity index (χ4v) is 3.25. The van der Waals surface area contributed by atoms with Crippen molar-refractivity contribution in [2.24, 2.45) is 0 Å². The molecule has 0 spiro atoms. The van der Waals surface area contributed by atoms with Crippen LogP contribution in [0.3, 0.4) is 0 Å². The first kappa shape index (κ1) is 16.1. The van der Waals surface area contributed by atoms with Gasteiger partial charge < -0.3 is 18.8 Å². The van der Waals surface area contributed by atoms with Crippen LogP contribution in [0.5, 0.6) is 5.75 Å². The van der Waals surface area contributed by atoms with Gasteiger partial charge in [-0.25, -0.2) is 0 Å². The van der Waals surface area contributed by atoms with Gasteiger partial charge in [0.05, 0.1) is 13.2 Å². The molecule has 0 saturated carbocycles. The van der Waals surface area contributed by atoms with Crippen LogP contribution < -0.4 is 4.74 Å². The maximum Gasteiger partial charge on any atom is 0.241 e. The molecule has 0 bridgehead atoms. The van der Waals surface area contributed by atoms with Crippen molar-refractivity contribution in [2.75, 3.05) is 26.4 Å². The molecule has 0 aliphatic carbocycles. The van der Waals surface area contributed by atoms with E-state index < -0.39 is 0 Å². The third-order valence-electron chi connectivity index (χ3n) is 4.64.